The van der Waals surface area contributed by atoms with Gasteiger partial charge in [-0.1, -0.05) is 15.9 Å². The molecule has 0 bridgehead atoms. The first-order chi connectivity index (χ1) is 16.2. The summed E-state index contributed by atoms with van der Waals surface area (Å²) >= 11 is 3.52. The van der Waals surface area contributed by atoms with E-state index >= 15 is 0 Å². The number of benzene rings is 2. The van der Waals surface area contributed by atoms with E-state index in [2.05, 4.69) is 26.9 Å². The topological polar surface area (TPSA) is 126 Å². The van der Waals surface area contributed by atoms with Gasteiger partial charge in [0.25, 0.3) is 5.91 Å². The van der Waals surface area contributed by atoms with Crippen molar-refractivity contribution in [2.24, 2.45) is 0 Å². The van der Waals surface area contributed by atoms with Crippen LogP contribution in [0.15, 0.2) is 40.9 Å². The number of aliphatic carboxylic acids is 2. The van der Waals surface area contributed by atoms with Gasteiger partial charge in [0.2, 0.25) is 0 Å². The van der Waals surface area contributed by atoms with Gasteiger partial charge < -0.3 is 29.3 Å². The Hall–Kier alpha value is -3.31. The van der Waals surface area contributed by atoms with E-state index in [9.17, 15) is 4.79 Å². The SMILES string of the molecule is COc1cc(OC)cc(C(=O)N2CCN(Cc3cc(Br)ccc3OC)CC2)c1.O=C(O)C(=O)O. The van der Waals surface area contributed by atoms with Crippen LogP contribution in [0, 0.1) is 0 Å². The van der Waals surface area contributed by atoms with Crippen LogP contribution in [-0.4, -0.2) is 85.4 Å². The second-order valence-electron chi connectivity index (χ2n) is 7.24. The van der Waals surface area contributed by atoms with Crippen LogP contribution in [0.1, 0.15) is 15.9 Å². The molecule has 2 N–H and O–H groups in total. The number of nitrogens with zero attached hydrogens (tertiary/aromatic N) is 2. The molecule has 0 saturated carbocycles. The Kier molecular flexibility index (Phi) is 10.1. The standard InChI is InChI=1S/C21H25BrN2O4.C2H2O4/c1-26-18-11-15(12-19(13-18)27-2)21(25)24-8-6-23(7-9-24)14-16-10-17(22)4-5-20(16)28-3;3-1(4)2(5)6/h4-5,10-13H,6-9,14H2,1-3H3;(H,3,4)(H,5,6). The van der Waals surface area contributed by atoms with Crippen LogP contribution < -0.4 is 14.2 Å². The molecule has 0 atom stereocenters. The fraction of sp³-hybridized carbons (Fsp3) is 0.348. The molecule has 34 heavy (non-hydrogen) atoms. The number of hydrogen-bond donors (Lipinski definition) is 2. The summed E-state index contributed by atoms with van der Waals surface area (Å²) in [5.41, 5.74) is 1.72. The van der Waals surface area contributed by atoms with Crippen LogP contribution in [0.5, 0.6) is 17.2 Å². The monoisotopic (exact) mass is 538 g/mol. The molecule has 1 aliphatic heterocycles. The average Bonchev–Trinajstić information content (AvgIpc) is 2.84. The Balaban J connectivity index is 0.000000604. The number of halogens is 1. The number of carboxylic acid groups (broad SMARTS) is 2. The van der Waals surface area contributed by atoms with Crippen LogP contribution in [0.2, 0.25) is 0 Å². The highest BCUT2D eigenvalue weighted by Gasteiger charge is 2.23. The van der Waals surface area contributed by atoms with E-state index in [-0.39, 0.29) is 5.91 Å². The Labute approximate surface area is 205 Å². The Morgan fingerprint density at radius 1 is 0.853 bits per heavy atom. The first-order valence-electron chi connectivity index (χ1n) is 10.2. The van der Waals surface area contributed by atoms with Crippen molar-refractivity contribution in [3.05, 3.63) is 52.0 Å². The summed E-state index contributed by atoms with van der Waals surface area (Å²) in [6.07, 6.45) is 0. The molecule has 1 fully saturated rings. The number of carbonyl (C=O) groups is 3. The molecule has 2 aromatic carbocycles. The van der Waals surface area contributed by atoms with Crippen LogP contribution in [-0.2, 0) is 16.1 Å². The van der Waals surface area contributed by atoms with Gasteiger partial charge in [-0.05, 0) is 30.3 Å². The fourth-order valence-corrected chi connectivity index (χ4v) is 3.74. The van der Waals surface area contributed by atoms with Crippen molar-refractivity contribution >= 4 is 33.8 Å². The molecule has 1 saturated heterocycles. The summed E-state index contributed by atoms with van der Waals surface area (Å²) in [6.45, 7) is 3.76. The molecule has 0 unspecified atom stereocenters. The van der Waals surface area contributed by atoms with Crippen LogP contribution in [0.25, 0.3) is 0 Å². The molecule has 1 amide bonds. The predicted octanol–water partition coefficient (Wildman–Crippen LogP) is 2.59. The first kappa shape index (κ1) is 26.9. The number of rotatable bonds is 6. The van der Waals surface area contributed by atoms with Gasteiger partial charge >= 0.3 is 11.9 Å². The summed E-state index contributed by atoms with van der Waals surface area (Å²) in [4.78, 5) is 35.3. The lowest BCUT2D eigenvalue weighted by atomic mass is 10.1. The Bertz CT molecular complexity index is 988. The van der Waals surface area contributed by atoms with Gasteiger partial charge in [-0.25, -0.2) is 9.59 Å². The highest BCUT2D eigenvalue weighted by molar-refractivity contribution is 9.10. The van der Waals surface area contributed by atoms with Gasteiger partial charge in [0, 0.05) is 54.4 Å². The summed E-state index contributed by atoms with van der Waals surface area (Å²) in [6, 6.07) is 11.3. The highest BCUT2D eigenvalue weighted by Crippen LogP contribution is 2.26. The second kappa shape index (κ2) is 12.8. The average molecular weight is 539 g/mol. The lowest BCUT2D eigenvalue weighted by Crippen LogP contribution is -2.48. The first-order valence-corrected chi connectivity index (χ1v) is 11.0. The molecular weight excluding hydrogens is 512 g/mol. The van der Waals surface area contributed by atoms with Crippen molar-refractivity contribution in [1.29, 1.82) is 0 Å². The Morgan fingerprint density at radius 3 is 1.88 bits per heavy atom. The van der Waals surface area contributed by atoms with Crippen molar-refractivity contribution in [2.75, 3.05) is 47.5 Å². The number of carboxylic acids is 2. The fourth-order valence-electron chi connectivity index (χ4n) is 3.33. The molecule has 0 aromatic heterocycles. The molecular formula is C23H27BrN2O8. The summed E-state index contributed by atoms with van der Waals surface area (Å²) in [5, 5.41) is 14.8. The number of carbonyl (C=O) groups excluding carboxylic acids is 1. The lowest BCUT2D eigenvalue weighted by molar-refractivity contribution is -0.159. The number of piperazine rings is 1. The van der Waals surface area contributed by atoms with E-state index < -0.39 is 11.9 Å². The molecule has 0 aliphatic carbocycles. The predicted molar refractivity (Wildman–Crippen MR) is 127 cm³/mol. The van der Waals surface area contributed by atoms with Gasteiger partial charge in [-0.3, -0.25) is 9.69 Å². The summed E-state index contributed by atoms with van der Waals surface area (Å²) in [5.74, 6) is -1.54. The van der Waals surface area contributed by atoms with Crippen molar-refractivity contribution in [2.45, 2.75) is 6.54 Å². The smallest absolute Gasteiger partial charge is 0.414 e. The van der Waals surface area contributed by atoms with Gasteiger partial charge in [-0.2, -0.15) is 0 Å². The van der Waals surface area contributed by atoms with Gasteiger partial charge in [0.1, 0.15) is 17.2 Å². The summed E-state index contributed by atoms with van der Waals surface area (Å²) < 4.78 is 17.0. The third-order valence-electron chi connectivity index (χ3n) is 5.08. The zero-order chi connectivity index (χ0) is 25.3. The minimum Gasteiger partial charge on any atom is -0.497 e. The minimum absolute atomic E-state index is 0.00288. The quantitative estimate of drug-likeness (QED) is 0.533. The van der Waals surface area contributed by atoms with Gasteiger partial charge in [0.05, 0.1) is 21.3 Å². The van der Waals surface area contributed by atoms with E-state index in [0.717, 1.165) is 35.4 Å². The van der Waals surface area contributed by atoms with Crippen molar-refractivity contribution in [3.8, 4) is 17.2 Å². The largest absolute Gasteiger partial charge is 0.497 e. The number of methoxy groups -OCH3 is 3. The minimum atomic E-state index is -1.82. The molecule has 11 heteroatoms. The molecule has 0 radical (unpaired) electrons. The summed E-state index contributed by atoms with van der Waals surface area (Å²) in [7, 11) is 4.85. The number of hydrogen-bond acceptors (Lipinski definition) is 7. The molecule has 184 valence electrons. The molecule has 2 aromatic rings. The highest BCUT2D eigenvalue weighted by atomic mass is 79.9. The number of amides is 1. The van der Waals surface area contributed by atoms with E-state index in [1.165, 1.54) is 0 Å². The van der Waals surface area contributed by atoms with E-state index in [4.69, 9.17) is 34.0 Å². The molecule has 3 rings (SSSR count). The Morgan fingerprint density at radius 2 is 1.41 bits per heavy atom. The zero-order valence-electron chi connectivity index (χ0n) is 19.1. The van der Waals surface area contributed by atoms with Crippen molar-refractivity contribution in [1.82, 2.24) is 9.80 Å². The van der Waals surface area contributed by atoms with Crippen molar-refractivity contribution in [3.63, 3.8) is 0 Å². The van der Waals surface area contributed by atoms with Crippen LogP contribution in [0.3, 0.4) is 0 Å². The maximum atomic E-state index is 12.9. The molecule has 0 spiro atoms. The van der Waals surface area contributed by atoms with E-state index in [0.29, 0.717) is 30.2 Å². The number of ether oxygens (including phenoxy) is 3. The lowest BCUT2D eigenvalue weighted by Gasteiger charge is -2.35. The van der Waals surface area contributed by atoms with Gasteiger partial charge in [-0.15, -0.1) is 0 Å². The van der Waals surface area contributed by atoms with Crippen LogP contribution in [0.4, 0.5) is 0 Å². The third kappa shape index (κ3) is 7.63. The zero-order valence-corrected chi connectivity index (χ0v) is 20.7. The van der Waals surface area contributed by atoms with Crippen LogP contribution >= 0.6 is 15.9 Å². The van der Waals surface area contributed by atoms with Crippen molar-refractivity contribution < 1.29 is 38.8 Å². The van der Waals surface area contributed by atoms with E-state index in [1.807, 2.05) is 17.0 Å². The molecule has 1 heterocycles. The normalized spacial score (nSPS) is 13.4. The molecule has 10 nitrogen and oxygen atoms in total. The maximum absolute atomic E-state index is 12.9. The third-order valence-corrected chi connectivity index (χ3v) is 5.57. The van der Waals surface area contributed by atoms with Gasteiger partial charge in [0.15, 0.2) is 0 Å². The maximum Gasteiger partial charge on any atom is 0.414 e. The van der Waals surface area contributed by atoms with E-state index in [1.54, 1.807) is 39.5 Å². The molecule has 1 aliphatic rings. The second-order valence-corrected chi connectivity index (χ2v) is 8.15.